The van der Waals surface area contributed by atoms with E-state index < -0.39 is 5.41 Å². The summed E-state index contributed by atoms with van der Waals surface area (Å²) in [5.74, 6) is 0.0572. The van der Waals surface area contributed by atoms with E-state index in [2.05, 4.69) is 24.1 Å². The van der Waals surface area contributed by atoms with Crippen molar-refractivity contribution in [3.05, 3.63) is 47.2 Å². The summed E-state index contributed by atoms with van der Waals surface area (Å²) in [4.78, 5) is 31.7. The number of rotatable bonds is 2. The minimum atomic E-state index is -0.829. The first-order chi connectivity index (χ1) is 12.6. The molecule has 0 radical (unpaired) electrons. The maximum atomic E-state index is 13.3. The Morgan fingerprint density at radius 3 is 3.04 bits per heavy atom. The molecule has 5 heteroatoms. The number of H-pyrrole nitrogens is 1. The molecule has 5 nitrogen and oxygen atoms in total. The SMILES string of the molecule is CCC1=C[C@H]2CN3C(=O)Cc4c[nH]c5cccc(c45)[C@](C(=O)OC)(C2)[C@H]13. The van der Waals surface area contributed by atoms with Crippen molar-refractivity contribution in [1.82, 2.24) is 9.88 Å². The first-order valence-corrected chi connectivity index (χ1v) is 9.28. The van der Waals surface area contributed by atoms with Crippen molar-refractivity contribution in [2.45, 2.75) is 37.6 Å². The predicted molar refractivity (Wildman–Crippen MR) is 97.7 cm³/mol. The summed E-state index contributed by atoms with van der Waals surface area (Å²) in [6.45, 7) is 2.80. The van der Waals surface area contributed by atoms with Gasteiger partial charge in [0.2, 0.25) is 5.91 Å². The van der Waals surface area contributed by atoms with Crippen LogP contribution in [0, 0.1) is 5.92 Å². The molecule has 2 aromatic rings. The number of esters is 1. The average molecular weight is 350 g/mol. The second kappa shape index (κ2) is 5.22. The highest BCUT2D eigenvalue weighted by Gasteiger charge is 2.60. The number of carbonyl (C=O) groups excluding carboxylic acids is 2. The molecule has 1 saturated heterocycles. The zero-order valence-corrected chi connectivity index (χ0v) is 15.0. The molecular weight excluding hydrogens is 328 g/mol. The number of hydrogen-bond donors (Lipinski definition) is 1. The van der Waals surface area contributed by atoms with Crippen LogP contribution in [0.25, 0.3) is 10.9 Å². The van der Waals surface area contributed by atoms with Crippen LogP contribution in [0.15, 0.2) is 36.0 Å². The summed E-state index contributed by atoms with van der Waals surface area (Å²) in [6, 6.07) is 5.81. The Hall–Kier alpha value is -2.56. The third kappa shape index (κ3) is 1.76. The average Bonchev–Trinajstić information content (AvgIpc) is 3.08. The Balaban J connectivity index is 1.90. The van der Waals surface area contributed by atoms with E-state index in [0.29, 0.717) is 19.4 Å². The predicted octanol–water partition coefficient (Wildman–Crippen LogP) is 2.70. The molecule has 0 spiro atoms. The van der Waals surface area contributed by atoms with E-state index in [1.54, 1.807) is 0 Å². The van der Waals surface area contributed by atoms with Crippen LogP contribution in [-0.2, 0) is 26.2 Å². The molecule has 0 unspecified atom stereocenters. The topological polar surface area (TPSA) is 62.4 Å². The first-order valence-electron chi connectivity index (χ1n) is 9.28. The first kappa shape index (κ1) is 15.7. The number of piperidine rings is 1. The number of nitrogens with zero attached hydrogens (tertiary/aromatic N) is 1. The van der Waals surface area contributed by atoms with Gasteiger partial charge in [-0.3, -0.25) is 9.59 Å². The lowest BCUT2D eigenvalue weighted by atomic mass is 9.58. The normalized spacial score (nSPS) is 29.4. The highest BCUT2D eigenvalue weighted by molar-refractivity contribution is 5.99. The van der Waals surface area contributed by atoms with E-state index in [1.807, 2.05) is 23.2 Å². The number of aromatic amines is 1. The summed E-state index contributed by atoms with van der Waals surface area (Å²) < 4.78 is 5.35. The van der Waals surface area contributed by atoms with Gasteiger partial charge in [-0.1, -0.05) is 30.7 Å². The quantitative estimate of drug-likeness (QED) is 0.669. The zero-order valence-electron chi connectivity index (χ0n) is 15.0. The number of carbonyl (C=O) groups is 2. The highest BCUT2D eigenvalue weighted by atomic mass is 16.5. The summed E-state index contributed by atoms with van der Waals surface area (Å²) in [5, 5.41) is 1.02. The molecule has 3 aliphatic heterocycles. The Kier molecular flexibility index (Phi) is 3.15. The molecule has 1 aromatic carbocycles. The van der Waals surface area contributed by atoms with Crippen molar-refractivity contribution in [2.24, 2.45) is 5.92 Å². The molecule has 1 aromatic heterocycles. The van der Waals surface area contributed by atoms with E-state index in [9.17, 15) is 9.59 Å². The zero-order chi connectivity index (χ0) is 18.1. The fraction of sp³-hybridized carbons (Fsp3) is 0.429. The summed E-state index contributed by atoms with van der Waals surface area (Å²) in [5.41, 5.74) is 3.31. The van der Waals surface area contributed by atoms with Crippen molar-refractivity contribution in [3.63, 3.8) is 0 Å². The van der Waals surface area contributed by atoms with Gasteiger partial charge in [0.1, 0.15) is 5.41 Å². The van der Waals surface area contributed by atoms with Gasteiger partial charge in [-0.15, -0.1) is 0 Å². The van der Waals surface area contributed by atoms with Crippen molar-refractivity contribution in [1.29, 1.82) is 0 Å². The lowest BCUT2D eigenvalue weighted by Gasteiger charge is -2.55. The monoisotopic (exact) mass is 350 g/mol. The lowest BCUT2D eigenvalue weighted by Crippen LogP contribution is -2.66. The maximum Gasteiger partial charge on any atom is 0.318 e. The van der Waals surface area contributed by atoms with E-state index in [-0.39, 0.29) is 23.8 Å². The molecule has 1 aliphatic carbocycles. The van der Waals surface area contributed by atoms with Crippen LogP contribution in [0.3, 0.4) is 0 Å². The molecule has 4 heterocycles. The van der Waals surface area contributed by atoms with Crippen molar-refractivity contribution < 1.29 is 14.3 Å². The Morgan fingerprint density at radius 1 is 1.42 bits per heavy atom. The van der Waals surface area contributed by atoms with Crippen molar-refractivity contribution in [2.75, 3.05) is 13.7 Å². The molecule has 1 N–H and O–H groups in total. The maximum absolute atomic E-state index is 13.3. The lowest BCUT2D eigenvalue weighted by molar-refractivity contribution is -0.157. The fourth-order valence-electron chi connectivity index (χ4n) is 5.57. The largest absolute Gasteiger partial charge is 0.468 e. The number of aromatic nitrogens is 1. The molecule has 1 amide bonds. The molecule has 1 fully saturated rings. The highest BCUT2D eigenvalue weighted by Crippen LogP contribution is 2.53. The van der Waals surface area contributed by atoms with Gasteiger partial charge < -0.3 is 14.6 Å². The van der Waals surface area contributed by atoms with Crippen molar-refractivity contribution >= 4 is 22.8 Å². The molecule has 26 heavy (non-hydrogen) atoms. The Bertz CT molecular complexity index is 973. The summed E-state index contributed by atoms with van der Waals surface area (Å²) in [7, 11) is 1.46. The molecular formula is C21H22N2O3. The Morgan fingerprint density at radius 2 is 2.27 bits per heavy atom. The van der Waals surface area contributed by atoms with Crippen LogP contribution in [0.4, 0.5) is 0 Å². The van der Waals surface area contributed by atoms with E-state index >= 15 is 0 Å². The molecule has 6 rings (SSSR count). The summed E-state index contributed by atoms with van der Waals surface area (Å²) >= 11 is 0. The van der Waals surface area contributed by atoms with Gasteiger partial charge in [0.15, 0.2) is 0 Å². The molecule has 4 aliphatic rings. The minimum absolute atomic E-state index is 0.0995. The van der Waals surface area contributed by atoms with Gasteiger partial charge in [0.05, 0.1) is 19.6 Å². The second-order valence-electron chi connectivity index (χ2n) is 7.69. The molecule has 3 atom stereocenters. The third-order valence-corrected chi connectivity index (χ3v) is 6.48. The van der Waals surface area contributed by atoms with Gasteiger partial charge in [-0.25, -0.2) is 0 Å². The number of nitrogens with one attached hydrogen (secondary N) is 1. The second-order valence-corrected chi connectivity index (χ2v) is 7.69. The summed E-state index contributed by atoms with van der Waals surface area (Å²) in [6.07, 6.45) is 6.10. The third-order valence-electron chi connectivity index (χ3n) is 6.48. The van der Waals surface area contributed by atoms with E-state index in [1.165, 1.54) is 12.7 Å². The smallest absolute Gasteiger partial charge is 0.318 e. The number of methoxy groups -OCH3 is 1. The molecule has 0 saturated carbocycles. The van der Waals surface area contributed by atoms with Crippen LogP contribution < -0.4 is 0 Å². The van der Waals surface area contributed by atoms with Crippen LogP contribution in [0.1, 0.15) is 30.9 Å². The van der Waals surface area contributed by atoms with Gasteiger partial charge in [0.25, 0.3) is 0 Å². The number of hydrogen-bond acceptors (Lipinski definition) is 3. The van der Waals surface area contributed by atoms with Gasteiger partial charge in [-0.2, -0.15) is 0 Å². The standard InChI is InChI=1S/C21H22N2O3/c1-3-13-7-12-9-21(20(25)26-2)15-5-4-6-16-18(15)14(10-22-16)8-17(24)23(11-12)19(13)21/h4-7,10,12,19,22H,3,8-9,11H2,1-2H3/t12-,19+,21-/m1/s1. The van der Waals surface area contributed by atoms with Gasteiger partial charge in [-0.05, 0) is 36.0 Å². The Labute approximate surface area is 152 Å². The number of benzene rings is 1. The van der Waals surface area contributed by atoms with Crippen LogP contribution in [0.5, 0.6) is 0 Å². The number of ether oxygens (including phenoxy) is 1. The molecule has 4 bridgehead atoms. The van der Waals surface area contributed by atoms with E-state index in [0.717, 1.165) is 28.5 Å². The van der Waals surface area contributed by atoms with Gasteiger partial charge in [0, 0.05) is 23.6 Å². The molecule has 134 valence electrons. The fourth-order valence-corrected chi connectivity index (χ4v) is 5.57. The minimum Gasteiger partial charge on any atom is -0.468 e. The van der Waals surface area contributed by atoms with Crippen molar-refractivity contribution in [3.8, 4) is 0 Å². The number of amides is 1. The van der Waals surface area contributed by atoms with Crippen LogP contribution in [-0.4, -0.2) is 41.5 Å². The van der Waals surface area contributed by atoms with Crippen LogP contribution in [0.2, 0.25) is 0 Å². The van der Waals surface area contributed by atoms with Crippen LogP contribution >= 0.6 is 0 Å². The van der Waals surface area contributed by atoms with E-state index in [4.69, 9.17) is 4.74 Å². The van der Waals surface area contributed by atoms with Gasteiger partial charge >= 0.3 is 5.97 Å².